The molecular formula is C17H22ClN7O. The van der Waals surface area contributed by atoms with E-state index in [4.69, 9.17) is 11.6 Å². The van der Waals surface area contributed by atoms with E-state index in [0.717, 1.165) is 23.5 Å². The quantitative estimate of drug-likeness (QED) is 0.641. The van der Waals surface area contributed by atoms with Crippen LogP contribution in [-0.2, 0) is 13.2 Å². The van der Waals surface area contributed by atoms with Gasteiger partial charge in [-0.25, -0.2) is 4.68 Å². The predicted octanol–water partition coefficient (Wildman–Crippen LogP) is 2.18. The molecule has 26 heavy (non-hydrogen) atoms. The van der Waals surface area contributed by atoms with Crippen LogP contribution in [0.2, 0.25) is 5.02 Å². The lowest BCUT2D eigenvalue weighted by molar-refractivity contribution is 0.0946. The molecule has 0 aliphatic heterocycles. The Morgan fingerprint density at radius 1 is 1.19 bits per heavy atom. The molecule has 0 spiro atoms. The number of amides is 1. The molecule has 3 aromatic heterocycles. The fraction of sp³-hybridized carbons (Fsp3) is 0.412. The lowest BCUT2D eigenvalue weighted by Gasteiger charge is -2.05. The second-order valence-electron chi connectivity index (χ2n) is 6.24. The van der Waals surface area contributed by atoms with Gasteiger partial charge in [0.1, 0.15) is 12.4 Å². The highest BCUT2D eigenvalue weighted by atomic mass is 35.5. The first-order valence-electron chi connectivity index (χ1n) is 8.44. The van der Waals surface area contributed by atoms with Gasteiger partial charge >= 0.3 is 0 Å². The lowest BCUT2D eigenvalue weighted by Crippen LogP contribution is -2.26. The summed E-state index contributed by atoms with van der Waals surface area (Å²) in [6, 6.07) is 3.71. The van der Waals surface area contributed by atoms with E-state index in [0.29, 0.717) is 30.5 Å². The predicted molar refractivity (Wildman–Crippen MR) is 98.3 cm³/mol. The van der Waals surface area contributed by atoms with Crippen molar-refractivity contribution in [2.24, 2.45) is 0 Å². The molecule has 1 N–H and O–H groups in total. The average molecular weight is 376 g/mol. The molecule has 0 unspecified atom stereocenters. The molecule has 8 nitrogen and oxygen atoms in total. The summed E-state index contributed by atoms with van der Waals surface area (Å²) in [6.07, 6.45) is 4.33. The monoisotopic (exact) mass is 375 g/mol. The molecule has 0 fully saturated rings. The third-order valence-electron chi connectivity index (χ3n) is 3.99. The van der Waals surface area contributed by atoms with Crippen LogP contribution in [0.25, 0.3) is 0 Å². The van der Waals surface area contributed by atoms with Crippen molar-refractivity contribution in [2.45, 2.75) is 40.4 Å². The molecule has 0 atom stereocenters. The molecule has 138 valence electrons. The Bertz CT molecular complexity index is 889. The fourth-order valence-electron chi connectivity index (χ4n) is 2.66. The second-order valence-corrected chi connectivity index (χ2v) is 6.65. The molecule has 0 radical (unpaired) electrons. The maximum Gasteiger partial charge on any atom is 0.271 e. The van der Waals surface area contributed by atoms with Crippen molar-refractivity contribution in [3.63, 3.8) is 0 Å². The molecule has 0 aromatic carbocycles. The van der Waals surface area contributed by atoms with E-state index in [2.05, 4.69) is 20.6 Å². The van der Waals surface area contributed by atoms with E-state index >= 15 is 0 Å². The summed E-state index contributed by atoms with van der Waals surface area (Å²) in [5, 5.41) is 16.5. The molecule has 9 heteroatoms. The number of hydrogen-bond donors (Lipinski definition) is 1. The Labute approximate surface area is 156 Å². The number of aryl methyl sites for hydroxylation is 4. The van der Waals surface area contributed by atoms with Gasteiger partial charge in [0, 0.05) is 31.2 Å². The standard InChI is InChI=1S/C17H22ClN7O/c1-12-9-13(2)25(20-12)11-24-8-5-16(22-24)17(26)19-6-4-7-23-10-15(18)14(3)21-23/h5,8-10H,4,6-7,11H2,1-3H3,(H,19,26). The Morgan fingerprint density at radius 2 is 2.00 bits per heavy atom. The van der Waals surface area contributed by atoms with Crippen molar-refractivity contribution in [2.75, 3.05) is 6.54 Å². The summed E-state index contributed by atoms with van der Waals surface area (Å²) < 4.78 is 5.33. The SMILES string of the molecule is Cc1cc(C)n(Cn2ccc(C(=O)NCCCn3cc(Cl)c(C)n3)n2)n1. The van der Waals surface area contributed by atoms with Crippen molar-refractivity contribution in [1.82, 2.24) is 34.7 Å². The summed E-state index contributed by atoms with van der Waals surface area (Å²) in [6.45, 7) is 7.52. The minimum atomic E-state index is -0.188. The number of carbonyl (C=O) groups is 1. The summed E-state index contributed by atoms with van der Waals surface area (Å²) in [5.74, 6) is -0.188. The summed E-state index contributed by atoms with van der Waals surface area (Å²) in [4.78, 5) is 12.2. The molecule has 0 aliphatic carbocycles. The highest BCUT2D eigenvalue weighted by molar-refractivity contribution is 6.31. The van der Waals surface area contributed by atoms with Crippen LogP contribution in [0.15, 0.2) is 24.5 Å². The van der Waals surface area contributed by atoms with Crippen molar-refractivity contribution >= 4 is 17.5 Å². The second kappa shape index (κ2) is 7.74. The molecule has 0 bridgehead atoms. The Hall–Kier alpha value is -2.61. The van der Waals surface area contributed by atoms with Crippen LogP contribution in [0.4, 0.5) is 0 Å². The summed E-state index contributed by atoms with van der Waals surface area (Å²) in [5.41, 5.74) is 3.22. The number of nitrogens with zero attached hydrogens (tertiary/aromatic N) is 6. The van der Waals surface area contributed by atoms with Crippen LogP contribution in [0.5, 0.6) is 0 Å². The van der Waals surface area contributed by atoms with Crippen molar-refractivity contribution in [3.8, 4) is 0 Å². The topological polar surface area (TPSA) is 82.6 Å². The zero-order valence-corrected chi connectivity index (χ0v) is 15.9. The zero-order chi connectivity index (χ0) is 18.7. The maximum atomic E-state index is 12.2. The largest absolute Gasteiger partial charge is 0.351 e. The van der Waals surface area contributed by atoms with Crippen LogP contribution in [0.3, 0.4) is 0 Å². The van der Waals surface area contributed by atoms with Gasteiger partial charge in [-0.15, -0.1) is 0 Å². The Morgan fingerprint density at radius 3 is 2.65 bits per heavy atom. The number of aromatic nitrogens is 6. The molecule has 3 rings (SSSR count). The van der Waals surface area contributed by atoms with Gasteiger partial charge in [0.05, 0.1) is 16.4 Å². The molecule has 3 heterocycles. The van der Waals surface area contributed by atoms with Gasteiger partial charge in [0.25, 0.3) is 5.91 Å². The molecule has 1 amide bonds. The molecule has 3 aromatic rings. The fourth-order valence-corrected chi connectivity index (χ4v) is 2.81. The first-order chi connectivity index (χ1) is 12.4. The van der Waals surface area contributed by atoms with Crippen LogP contribution >= 0.6 is 11.6 Å². The van der Waals surface area contributed by atoms with Gasteiger partial charge in [0.15, 0.2) is 0 Å². The maximum absolute atomic E-state index is 12.2. The normalized spacial score (nSPS) is 11.1. The van der Waals surface area contributed by atoms with Crippen LogP contribution < -0.4 is 5.32 Å². The number of rotatable bonds is 7. The average Bonchev–Trinajstić information content (AvgIpc) is 3.26. The van der Waals surface area contributed by atoms with Gasteiger partial charge < -0.3 is 5.32 Å². The minimum Gasteiger partial charge on any atom is -0.351 e. The minimum absolute atomic E-state index is 0.188. The lowest BCUT2D eigenvalue weighted by atomic mass is 10.3. The van der Waals surface area contributed by atoms with E-state index in [-0.39, 0.29) is 5.91 Å². The van der Waals surface area contributed by atoms with Crippen molar-refractivity contribution in [1.29, 1.82) is 0 Å². The Kier molecular flexibility index (Phi) is 5.41. The summed E-state index contributed by atoms with van der Waals surface area (Å²) >= 11 is 5.97. The van der Waals surface area contributed by atoms with Gasteiger partial charge in [0.2, 0.25) is 0 Å². The summed E-state index contributed by atoms with van der Waals surface area (Å²) in [7, 11) is 0. The Balaban J connectivity index is 1.47. The number of halogens is 1. The molecule has 0 aliphatic rings. The smallest absolute Gasteiger partial charge is 0.271 e. The van der Waals surface area contributed by atoms with E-state index < -0.39 is 0 Å². The van der Waals surface area contributed by atoms with Gasteiger partial charge in [-0.2, -0.15) is 15.3 Å². The van der Waals surface area contributed by atoms with E-state index in [9.17, 15) is 4.79 Å². The van der Waals surface area contributed by atoms with Crippen molar-refractivity contribution < 1.29 is 4.79 Å². The zero-order valence-electron chi connectivity index (χ0n) is 15.1. The molecule has 0 saturated heterocycles. The van der Waals surface area contributed by atoms with Gasteiger partial charge in [-0.3, -0.25) is 14.2 Å². The van der Waals surface area contributed by atoms with Crippen LogP contribution in [0, 0.1) is 20.8 Å². The molecule has 0 saturated carbocycles. The molecular weight excluding hydrogens is 354 g/mol. The van der Waals surface area contributed by atoms with E-state index in [1.807, 2.05) is 31.5 Å². The van der Waals surface area contributed by atoms with E-state index in [1.54, 1.807) is 27.8 Å². The third kappa shape index (κ3) is 4.32. The first-order valence-corrected chi connectivity index (χ1v) is 8.82. The number of nitrogens with one attached hydrogen (secondary N) is 1. The van der Waals surface area contributed by atoms with Crippen LogP contribution in [-0.4, -0.2) is 41.8 Å². The van der Waals surface area contributed by atoms with E-state index in [1.165, 1.54) is 0 Å². The first kappa shape index (κ1) is 18.2. The highest BCUT2D eigenvalue weighted by Gasteiger charge is 2.10. The van der Waals surface area contributed by atoms with Crippen LogP contribution in [0.1, 0.15) is 34.0 Å². The number of carbonyl (C=O) groups excluding carboxylic acids is 1. The third-order valence-corrected chi connectivity index (χ3v) is 4.36. The van der Waals surface area contributed by atoms with Gasteiger partial charge in [-0.05, 0) is 39.3 Å². The van der Waals surface area contributed by atoms with Gasteiger partial charge in [-0.1, -0.05) is 11.6 Å². The number of hydrogen-bond acceptors (Lipinski definition) is 4. The van der Waals surface area contributed by atoms with Crippen molar-refractivity contribution in [3.05, 3.63) is 52.3 Å². The highest BCUT2D eigenvalue weighted by Crippen LogP contribution is 2.12.